The molecule has 0 aliphatic heterocycles. The lowest BCUT2D eigenvalue weighted by Crippen LogP contribution is -2.03. The minimum Gasteiger partial charge on any atom is -0.330 e. The van der Waals surface area contributed by atoms with E-state index in [4.69, 9.17) is 5.73 Å². The molecule has 0 saturated heterocycles. The topological polar surface area (TPSA) is 99.9 Å². The van der Waals surface area contributed by atoms with Crippen molar-refractivity contribution in [3.63, 3.8) is 0 Å². The first-order valence-electron chi connectivity index (χ1n) is 6.52. The average molecular weight is 275 g/mol. The first-order valence-corrected chi connectivity index (χ1v) is 6.52. The van der Waals surface area contributed by atoms with E-state index < -0.39 is 0 Å². The zero-order valence-electron chi connectivity index (χ0n) is 11.1. The average Bonchev–Trinajstić information content (AvgIpc) is 2.87. The molecule has 7 nitrogen and oxygen atoms in total. The van der Waals surface area contributed by atoms with Gasteiger partial charge in [0.25, 0.3) is 5.69 Å². The SMILES string of the molecule is NCCCCc1cn(Cc2ccccc2[N+](=O)[O-])nn1. The first-order chi connectivity index (χ1) is 9.70. The molecule has 0 atom stereocenters. The van der Waals surface area contributed by atoms with Gasteiger partial charge in [0.15, 0.2) is 0 Å². The Morgan fingerprint density at radius 3 is 2.85 bits per heavy atom. The number of hydrogen-bond acceptors (Lipinski definition) is 5. The van der Waals surface area contributed by atoms with Crippen LogP contribution in [0.1, 0.15) is 24.1 Å². The van der Waals surface area contributed by atoms with Gasteiger partial charge in [-0.2, -0.15) is 0 Å². The fourth-order valence-electron chi connectivity index (χ4n) is 1.98. The molecule has 106 valence electrons. The Balaban J connectivity index is 2.05. The van der Waals surface area contributed by atoms with Crippen molar-refractivity contribution in [2.75, 3.05) is 6.54 Å². The standard InChI is InChI=1S/C13H17N5O2/c14-8-4-3-6-12-10-17(16-15-12)9-11-5-1-2-7-13(11)18(19)20/h1-2,5,7,10H,3-4,6,8-9,14H2. The predicted molar refractivity (Wildman–Crippen MR) is 74.2 cm³/mol. The van der Waals surface area contributed by atoms with Crippen LogP contribution in [0, 0.1) is 10.1 Å². The van der Waals surface area contributed by atoms with E-state index in [1.165, 1.54) is 6.07 Å². The molecule has 1 heterocycles. The molecule has 20 heavy (non-hydrogen) atoms. The van der Waals surface area contributed by atoms with Crippen molar-refractivity contribution in [2.24, 2.45) is 5.73 Å². The van der Waals surface area contributed by atoms with E-state index >= 15 is 0 Å². The van der Waals surface area contributed by atoms with Crippen molar-refractivity contribution >= 4 is 5.69 Å². The van der Waals surface area contributed by atoms with Crippen LogP contribution in [0.4, 0.5) is 5.69 Å². The van der Waals surface area contributed by atoms with Crippen LogP contribution < -0.4 is 5.73 Å². The number of benzene rings is 1. The summed E-state index contributed by atoms with van der Waals surface area (Å²) >= 11 is 0. The number of para-hydroxylation sites is 1. The van der Waals surface area contributed by atoms with Crippen LogP contribution in [0.5, 0.6) is 0 Å². The smallest absolute Gasteiger partial charge is 0.274 e. The summed E-state index contributed by atoms with van der Waals surface area (Å²) in [7, 11) is 0. The van der Waals surface area contributed by atoms with E-state index in [1.807, 2.05) is 6.20 Å². The van der Waals surface area contributed by atoms with Gasteiger partial charge in [-0.3, -0.25) is 10.1 Å². The Morgan fingerprint density at radius 2 is 2.10 bits per heavy atom. The molecule has 0 spiro atoms. The molecule has 0 aliphatic carbocycles. The largest absolute Gasteiger partial charge is 0.330 e. The second kappa shape index (κ2) is 6.76. The summed E-state index contributed by atoms with van der Waals surface area (Å²) in [5, 5.41) is 19.0. The third kappa shape index (κ3) is 3.61. The monoisotopic (exact) mass is 275 g/mol. The zero-order chi connectivity index (χ0) is 14.4. The molecule has 1 aromatic heterocycles. The molecule has 2 N–H and O–H groups in total. The Hall–Kier alpha value is -2.28. The maximum absolute atomic E-state index is 10.9. The molecule has 0 amide bonds. The number of nitro groups is 1. The van der Waals surface area contributed by atoms with Gasteiger partial charge < -0.3 is 5.73 Å². The van der Waals surface area contributed by atoms with E-state index in [1.54, 1.807) is 22.9 Å². The highest BCUT2D eigenvalue weighted by molar-refractivity contribution is 5.39. The van der Waals surface area contributed by atoms with Crippen molar-refractivity contribution in [3.8, 4) is 0 Å². The minimum atomic E-state index is -0.381. The molecule has 2 rings (SSSR count). The van der Waals surface area contributed by atoms with E-state index in [2.05, 4.69) is 10.3 Å². The fourth-order valence-corrected chi connectivity index (χ4v) is 1.98. The van der Waals surface area contributed by atoms with Crippen LogP contribution in [-0.4, -0.2) is 26.5 Å². The van der Waals surface area contributed by atoms with Gasteiger partial charge in [-0.05, 0) is 25.8 Å². The number of aromatic nitrogens is 3. The summed E-state index contributed by atoms with van der Waals surface area (Å²) in [5.41, 5.74) is 7.05. The summed E-state index contributed by atoms with van der Waals surface area (Å²) in [6, 6.07) is 6.66. The number of nitrogens with zero attached hydrogens (tertiary/aromatic N) is 4. The van der Waals surface area contributed by atoms with Crippen molar-refractivity contribution in [1.29, 1.82) is 0 Å². The van der Waals surface area contributed by atoms with Crippen LogP contribution >= 0.6 is 0 Å². The molecule has 0 aliphatic rings. The molecule has 0 fully saturated rings. The molecule has 0 radical (unpaired) electrons. The second-order valence-corrected chi connectivity index (χ2v) is 4.54. The first kappa shape index (κ1) is 14.1. The molecule has 1 aromatic carbocycles. The van der Waals surface area contributed by atoms with Gasteiger partial charge in [0.2, 0.25) is 0 Å². The summed E-state index contributed by atoms with van der Waals surface area (Å²) in [6.45, 7) is 1.02. The van der Waals surface area contributed by atoms with Crippen molar-refractivity contribution in [1.82, 2.24) is 15.0 Å². The number of nitro benzene ring substituents is 1. The Kier molecular flexibility index (Phi) is 4.78. The third-order valence-electron chi connectivity index (χ3n) is 2.99. The van der Waals surface area contributed by atoms with Gasteiger partial charge in [0, 0.05) is 12.3 Å². The maximum Gasteiger partial charge on any atom is 0.274 e. The van der Waals surface area contributed by atoms with E-state index in [0.29, 0.717) is 18.7 Å². The summed E-state index contributed by atoms with van der Waals surface area (Å²) in [4.78, 5) is 10.6. The lowest BCUT2D eigenvalue weighted by atomic mass is 10.2. The van der Waals surface area contributed by atoms with Crippen molar-refractivity contribution < 1.29 is 4.92 Å². The lowest BCUT2D eigenvalue weighted by Gasteiger charge is -2.01. The summed E-state index contributed by atoms with van der Waals surface area (Å²) < 4.78 is 1.63. The highest BCUT2D eigenvalue weighted by Gasteiger charge is 2.13. The van der Waals surface area contributed by atoms with Gasteiger partial charge in [-0.15, -0.1) is 5.10 Å². The summed E-state index contributed by atoms with van der Waals surface area (Å²) in [6.07, 6.45) is 4.58. The Bertz CT molecular complexity index is 582. The molecular weight excluding hydrogens is 258 g/mol. The molecule has 0 bridgehead atoms. The van der Waals surface area contributed by atoms with Crippen LogP contribution in [0.3, 0.4) is 0 Å². The van der Waals surface area contributed by atoms with Crippen LogP contribution in [0.2, 0.25) is 0 Å². The third-order valence-corrected chi connectivity index (χ3v) is 2.99. The van der Waals surface area contributed by atoms with Crippen molar-refractivity contribution in [2.45, 2.75) is 25.8 Å². The Labute approximate surface area is 116 Å². The van der Waals surface area contributed by atoms with Crippen LogP contribution in [0.15, 0.2) is 30.5 Å². The number of rotatable bonds is 7. The van der Waals surface area contributed by atoms with Gasteiger partial charge >= 0.3 is 0 Å². The Morgan fingerprint density at radius 1 is 1.30 bits per heavy atom. The molecule has 0 unspecified atom stereocenters. The highest BCUT2D eigenvalue weighted by atomic mass is 16.6. The molecular formula is C13H17N5O2. The maximum atomic E-state index is 10.9. The van der Waals surface area contributed by atoms with Gasteiger partial charge in [-0.25, -0.2) is 4.68 Å². The number of hydrogen-bond donors (Lipinski definition) is 1. The zero-order valence-corrected chi connectivity index (χ0v) is 11.1. The van der Waals surface area contributed by atoms with Crippen LogP contribution in [-0.2, 0) is 13.0 Å². The number of unbranched alkanes of at least 4 members (excludes halogenated alkanes) is 1. The molecule has 7 heteroatoms. The minimum absolute atomic E-state index is 0.104. The molecule has 0 saturated carbocycles. The quantitative estimate of drug-likeness (QED) is 0.469. The number of nitrogens with two attached hydrogens (primary N) is 1. The van der Waals surface area contributed by atoms with Gasteiger partial charge in [0.05, 0.1) is 22.7 Å². The molecule has 2 aromatic rings. The van der Waals surface area contributed by atoms with E-state index in [0.717, 1.165) is 25.0 Å². The second-order valence-electron chi connectivity index (χ2n) is 4.54. The van der Waals surface area contributed by atoms with Gasteiger partial charge in [0.1, 0.15) is 0 Å². The highest BCUT2D eigenvalue weighted by Crippen LogP contribution is 2.18. The fraction of sp³-hybridized carbons (Fsp3) is 0.385. The van der Waals surface area contributed by atoms with Crippen LogP contribution in [0.25, 0.3) is 0 Å². The predicted octanol–water partition coefficient (Wildman–Crippen LogP) is 1.52. The summed E-state index contributed by atoms with van der Waals surface area (Å²) in [5.74, 6) is 0. The normalized spacial score (nSPS) is 10.7. The number of aryl methyl sites for hydroxylation is 1. The van der Waals surface area contributed by atoms with Gasteiger partial charge in [-0.1, -0.05) is 23.4 Å². The van der Waals surface area contributed by atoms with Crippen molar-refractivity contribution in [3.05, 3.63) is 51.8 Å². The lowest BCUT2D eigenvalue weighted by molar-refractivity contribution is -0.385. The van der Waals surface area contributed by atoms with E-state index in [9.17, 15) is 10.1 Å². The van der Waals surface area contributed by atoms with E-state index in [-0.39, 0.29) is 10.6 Å².